The number of fused-ring (bicyclic) bond motifs is 1. The predicted octanol–water partition coefficient (Wildman–Crippen LogP) is 5.75. The number of aliphatic carboxylic acids is 1. The van der Waals surface area contributed by atoms with Crippen LogP contribution in [0.3, 0.4) is 0 Å². The minimum atomic E-state index is -0.838. The number of carboxylic acids is 1. The van der Waals surface area contributed by atoms with E-state index in [2.05, 4.69) is 22.9 Å². The van der Waals surface area contributed by atoms with Gasteiger partial charge in [-0.3, -0.25) is 4.79 Å². The summed E-state index contributed by atoms with van der Waals surface area (Å²) in [6.07, 6.45) is 6.74. The zero-order valence-electron chi connectivity index (χ0n) is 13.1. The highest BCUT2D eigenvalue weighted by Gasteiger charge is 2.21. The monoisotopic (exact) mass is 401 g/mol. The molecule has 1 aromatic carbocycles. The Balaban J connectivity index is 2.36. The fourth-order valence-corrected chi connectivity index (χ4v) is 3.50. The van der Waals surface area contributed by atoms with Gasteiger partial charge < -0.3 is 14.8 Å². The summed E-state index contributed by atoms with van der Waals surface area (Å²) < 4.78 is 2.56. The first kappa shape index (κ1) is 18.1. The normalized spacial score (nSPS) is 12.7. The van der Waals surface area contributed by atoms with Gasteiger partial charge in [0.2, 0.25) is 0 Å². The molecule has 126 valence electrons. The van der Waals surface area contributed by atoms with Gasteiger partial charge in [0.15, 0.2) is 0 Å². The van der Waals surface area contributed by atoms with Gasteiger partial charge in [0, 0.05) is 16.7 Å². The van der Waals surface area contributed by atoms with E-state index in [0.29, 0.717) is 14.9 Å². The quantitative estimate of drug-likeness (QED) is 0.553. The molecule has 4 nitrogen and oxygen atoms in total. The Morgan fingerprint density at radius 1 is 1.35 bits per heavy atom. The van der Waals surface area contributed by atoms with Crippen LogP contribution in [-0.4, -0.2) is 20.7 Å². The van der Waals surface area contributed by atoms with Crippen molar-refractivity contribution >= 4 is 44.4 Å². The Bertz CT molecular complexity index is 699. The highest BCUT2D eigenvalue weighted by atomic mass is 79.9. The fourth-order valence-electron chi connectivity index (χ4n) is 2.92. The number of rotatable bonds is 8. The van der Waals surface area contributed by atoms with Crippen LogP contribution >= 0.6 is 27.5 Å². The van der Waals surface area contributed by atoms with Gasteiger partial charge >= 0.3 is 5.97 Å². The van der Waals surface area contributed by atoms with E-state index < -0.39 is 5.97 Å². The first-order valence-electron chi connectivity index (χ1n) is 7.85. The van der Waals surface area contributed by atoms with Crippen molar-refractivity contribution in [3.63, 3.8) is 0 Å². The molecule has 1 atom stereocenters. The number of halogens is 2. The molecule has 1 heterocycles. The number of unbranched alkanes of at least 4 members (excludes halogenated alkanes) is 3. The van der Waals surface area contributed by atoms with Crippen molar-refractivity contribution < 1.29 is 15.0 Å². The molecule has 0 saturated carbocycles. The van der Waals surface area contributed by atoms with Gasteiger partial charge in [0.05, 0.1) is 22.3 Å². The van der Waals surface area contributed by atoms with Crippen LogP contribution in [0.15, 0.2) is 22.8 Å². The van der Waals surface area contributed by atoms with Gasteiger partial charge in [0.1, 0.15) is 5.75 Å². The van der Waals surface area contributed by atoms with E-state index in [-0.39, 0.29) is 18.2 Å². The first-order valence-corrected chi connectivity index (χ1v) is 9.02. The lowest BCUT2D eigenvalue weighted by Gasteiger charge is -2.18. The summed E-state index contributed by atoms with van der Waals surface area (Å²) in [6.45, 7) is 2.14. The van der Waals surface area contributed by atoms with Crippen LogP contribution in [-0.2, 0) is 4.79 Å². The number of aromatic nitrogens is 1. The highest BCUT2D eigenvalue weighted by Crippen LogP contribution is 2.40. The van der Waals surface area contributed by atoms with Crippen LogP contribution in [0.1, 0.15) is 51.5 Å². The molecule has 6 heteroatoms. The Hall–Kier alpha value is -1.20. The van der Waals surface area contributed by atoms with E-state index >= 15 is 0 Å². The number of benzene rings is 1. The Morgan fingerprint density at radius 2 is 2.09 bits per heavy atom. The second-order valence-corrected chi connectivity index (χ2v) is 7.01. The minimum absolute atomic E-state index is 0.0308. The lowest BCUT2D eigenvalue weighted by Crippen LogP contribution is -2.13. The van der Waals surface area contributed by atoms with Crippen LogP contribution in [0.4, 0.5) is 0 Å². The van der Waals surface area contributed by atoms with Gasteiger partial charge in [-0.25, -0.2) is 0 Å². The molecule has 0 spiro atoms. The van der Waals surface area contributed by atoms with Crippen LogP contribution in [0.2, 0.25) is 5.02 Å². The summed E-state index contributed by atoms with van der Waals surface area (Å²) >= 11 is 9.61. The number of nitrogens with zero attached hydrogens (tertiary/aromatic N) is 1. The van der Waals surface area contributed by atoms with Crippen molar-refractivity contribution in [3.8, 4) is 5.75 Å². The average molecular weight is 403 g/mol. The summed E-state index contributed by atoms with van der Waals surface area (Å²) in [7, 11) is 0. The Kier molecular flexibility index (Phi) is 6.36. The maximum absolute atomic E-state index is 11.2. The Labute approximate surface area is 149 Å². The van der Waals surface area contributed by atoms with E-state index in [4.69, 9.17) is 11.6 Å². The second-order valence-electron chi connectivity index (χ2n) is 5.78. The molecule has 0 bridgehead atoms. The zero-order chi connectivity index (χ0) is 17.0. The average Bonchev–Trinajstić information content (AvgIpc) is 2.83. The first-order chi connectivity index (χ1) is 11.0. The molecule has 2 aromatic rings. The third-order valence-electron chi connectivity index (χ3n) is 4.06. The van der Waals surface area contributed by atoms with Crippen LogP contribution in [0.25, 0.3) is 10.9 Å². The highest BCUT2D eigenvalue weighted by molar-refractivity contribution is 9.10. The molecule has 0 aliphatic heterocycles. The summed E-state index contributed by atoms with van der Waals surface area (Å²) in [5.41, 5.74) is 0.762. The van der Waals surface area contributed by atoms with Gasteiger partial charge in [-0.2, -0.15) is 0 Å². The summed E-state index contributed by atoms with van der Waals surface area (Å²) in [6, 6.07) is 3.48. The van der Waals surface area contributed by atoms with Crippen LogP contribution in [0, 0.1) is 0 Å². The van der Waals surface area contributed by atoms with Crippen molar-refractivity contribution in [1.82, 2.24) is 4.57 Å². The molecule has 1 aromatic heterocycles. The number of aromatic hydroxyl groups is 1. The van der Waals surface area contributed by atoms with E-state index in [9.17, 15) is 15.0 Å². The maximum Gasteiger partial charge on any atom is 0.305 e. The number of hydrogen-bond acceptors (Lipinski definition) is 2. The third kappa shape index (κ3) is 4.21. The molecule has 2 N–H and O–H groups in total. The molecule has 23 heavy (non-hydrogen) atoms. The van der Waals surface area contributed by atoms with Gasteiger partial charge in [0.25, 0.3) is 0 Å². The van der Waals surface area contributed by atoms with Crippen molar-refractivity contribution in [2.45, 2.75) is 51.5 Å². The molecule has 0 saturated heterocycles. The maximum atomic E-state index is 11.2. The van der Waals surface area contributed by atoms with Crippen molar-refractivity contribution in [3.05, 3.63) is 27.8 Å². The largest absolute Gasteiger partial charge is 0.506 e. The molecular formula is C17H21BrClNO3. The molecule has 0 fully saturated rings. The molecule has 0 radical (unpaired) electrons. The van der Waals surface area contributed by atoms with E-state index in [1.807, 2.05) is 16.7 Å². The topological polar surface area (TPSA) is 62.5 Å². The number of hydrogen-bond donors (Lipinski definition) is 2. The van der Waals surface area contributed by atoms with Gasteiger partial charge in [-0.1, -0.05) is 44.2 Å². The van der Waals surface area contributed by atoms with Crippen LogP contribution in [0.5, 0.6) is 5.75 Å². The SMILES string of the molecule is CCCCCCC(CC(=O)O)n1cc(O)c2c(Cl)c(Br)ccc21. The van der Waals surface area contributed by atoms with Crippen LogP contribution < -0.4 is 0 Å². The van der Waals surface area contributed by atoms with E-state index in [1.165, 1.54) is 0 Å². The molecule has 0 aliphatic carbocycles. The number of carbonyl (C=O) groups is 1. The molecular weight excluding hydrogens is 382 g/mol. The molecule has 2 rings (SSSR count). The third-order valence-corrected chi connectivity index (χ3v) is 5.34. The van der Waals surface area contributed by atoms with Gasteiger partial charge in [-0.05, 0) is 34.5 Å². The predicted molar refractivity (Wildman–Crippen MR) is 96.4 cm³/mol. The van der Waals surface area contributed by atoms with E-state index in [0.717, 1.165) is 37.6 Å². The summed E-state index contributed by atoms with van der Waals surface area (Å²) in [5, 5.41) is 20.4. The Morgan fingerprint density at radius 3 is 2.74 bits per heavy atom. The minimum Gasteiger partial charge on any atom is -0.506 e. The smallest absolute Gasteiger partial charge is 0.305 e. The molecule has 0 aliphatic rings. The summed E-state index contributed by atoms with van der Waals surface area (Å²) in [5.74, 6) is -0.759. The molecule has 1 unspecified atom stereocenters. The van der Waals surface area contributed by atoms with Crippen molar-refractivity contribution in [2.24, 2.45) is 0 Å². The number of carboxylic acid groups (broad SMARTS) is 1. The summed E-state index contributed by atoms with van der Waals surface area (Å²) in [4.78, 5) is 11.2. The fraction of sp³-hybridized carbons (Fsp3) is 0.471. The molecule has 0 amide bonds. The van der Waals surface area contributed by atoms with E-state index in [1.54, 1.807) is 6.20 Å². The van der Waals surface area contributed by atoms with Crippen molar-refractivity contribution in [1.29, 1.82) is 0 Å². The lowest BCUT2D eigenvalue weighted by molar-refractivity contribution is -0.137. The zero-order valence-corrected chi connectivity index (χ0v) is 15.4. The second kappa shape index (κ2) is 8.06. The van der Waals surface area contributed by atoms with Gasteiger partial charge in [-0.15, -0.1) is 0 Å². The van der Waals surface area contributed by atoms with Crippen molar-refractivity contribution in [2.75, 3.05) is 0 Å². The standard InChI is InChI=1S/C17H21BrClNO3/c1-2-3-4-5-6-11(9-15(22)23)20-10-14(21)16-13(20)8-7-12(18)17(16)19/h7-8,10-11,21H,2-6,9H2,1H3,(H,22,23). The lowest BCUT2D eigenvalue weighted by atomic mass is 10.0.